The molecule has 0 heterocycles. The van der Waals surface area contributed by atoms with Crippen LogP contribution in [0, 0.1) is 5.92 Å². The fraction of sp³-hybridized carbons (Fsp3) is 0.714. The summed E-state index contributed by atoms with van der Waals surface area (Å²) in [5, 5.41) is 0. The number of hydrogen-bond acceptors (Lipinski definition) is 3. The quantitative estimate of drug-likeness (QED) is 0.558. The number of carbonyl (C=O) groups excluding carboxylic acids is 2. The smallest absolute Gasteiger partial charge is 0.333 e. The summed E-state index contributed by atoms with van der Waals surface area (Å²) in [6.07, 6.45) is 6.00. The lowest BCUT2D eigenvalue weighted by Crippen LogP contribution is -2.18. The molecule has 0 unspecified atom stereocenters. The zero-order chi connectivity index (χ0) is 12.8. The summed E-state index contributed by atoms with van der Waals surface area (Å²) in [6, 6.07) is 0. The molecule has 1 saturated carbocycles. The second-order valence-corrected chi connectivity index (χ2v) is 4.87. The van der Waals surface area contributed by atoms with Crippen LogP contribution in [0.3, 0.4) is 0 Å². The van der Waals surface area contributed by atoms with Gasteiger partial charge in [0.25, 0.3) is 0 Å². The van der Waals surface area contributed by atoms with Gasteiger partial charge in [0.2, 0.25) is 0 Å². The van der Waals surface area contributed by atoms with Crippen molar-refractivity contribution >= 4 is 11.8 Å². The minimum Gasteiger partial charge on any atom is -0.466 e. The van der Waals surface area contributed by atoms with Crippen LogP contribution in [-0.2, 0) is 14.3 Å². The van der Waals surface area contributed by atoms with Crippen molar-refractivity contribution in [3.8, 4) is 0 Å². The Morgan fingerprint density at radius 2 is 1.71 bits per heavy atom. The van der Waals surface area contributed by atoms with Crippen LogP contribution in [0.5, 0.6) is 0 Å². The second kappa shape index (κ2) is 6.58. The lowest BCUT2D eigenvalue weighted by atomic mass is 9.84. The van der Waals surface area contributed by atoms with E-state index in [2.05, 4.69) is 4.74 Å². The van der Waals surface area contributed by atoms with Gasteiger partial charge < -0.3 is 4.74 Å². The maximum Gasteiger partial charge on any atom is 0.333 e. The highest BCUT2D eigenvalue weighted by molar-refractivity contribution is 5.91. The Kier molecular flexibility index (Phi) is 5.39. The van der Waals surface area contributed by atoms with Crippen molar-refractivity contribution in [1.29, 1.82) is 0 Å². The summed E-state index contributed by atoms with van der Waals surface area (Å²) in [5.74, 6) is 0.161. The first-order valence-corrected chi connectivity index (χ1v) is 6.33. The number of allylic oxidation sites excluding steroid dienone is 1. The van der Waals surface area contributed by atoms with Crippen LogP contribution in [0.1, 0.15) is 52.4 Å². The van der Waals surface area contributed by atoms with Gasteiger partial charge in [-0.25, -0.2) is 4.79 Å². The summed E-state index contributed by atoms with van der Waals surface area (Å²) in [5.41, 5.74) is 1.41. The van der Waals surface area contributed by atoms with Crippen molar-refractivity contribution in [2.45, 2.75) is 52.4 Å². The standard InChI is InChI=1S/C14H22O3/c1-10(11(2)14(16)17-3)9-13(15)12-7-5-4-6-8-12/h12H,4-9H2,1-3H3/b11-10+. The predicted molar refractivity (Wildman–Crippen MR) is 66.6 cm³/mol. The molecule has 1 rings (SSSR count). The molecule has 0 aliphatic heterocycles. The number of Topliss-reactive ketones (excluding diaryl/α,β-unsaturated/α-hetero) is 1. The van der Waals surface area contributed by atoms with Crippen molar-refractivity contribution in [1.82, 2.24) is 0 Å². The number of ketones is 1. The largest absolute Gasteiger partial charge is 0.466 e. The van der Waals surface area contributed by atoms with Crippen molar-refractivity contribution in [3.05, 3.63) is 11.1 Å². The third kappa shape index (κ3) is 3.99. The van der Waals surface area contributed by atoms with Crippen molar-refractivity contribution in [2.24, 2.45) is 5.92 Å². The Balaban J connectivity index is 2.58. The Morgan fingerprint density at radius 3 is 2.24 bits per heavy atom. The van der Waals surface area contributed by atoms with E-state index in [0.29, 0.717) is 12.0 Å². The molecule has 0 atom stereocenters. The monoisotopic (exact) mass is 238 g/mol. The highest BCUT2D eigenvalue weighted by atomic mass is 16.5. The number of carbonyl (C=O) groups is 2. The van der Waals surface area contributed by atoms with Gasteiger partial charge in [0.1, 0.15) is 5.78 Å². The minimum atomic E-state index is -0.334. The molecule has 1 aliphatic rings. The lowest BCUT2D eigenvalue weighted by molar-refractivity contribution is -0.136. The third-order valence-corrected chi connectivity index (χ3v) is 3.63. The summed E-state index contributed by atoms with van der Waals surface area (Å²) >= 11 is 0. The lowest BCUT2D eigenvalue weighted by Gasteiger charge is -2.20. The summed E-state index contributed by atoms with van der Waals surface area (Å²) in [7, 11) is 1.36. The topological polar surface area (TPSA) is 43.4 Å². The normalized spacial score (nSPS) is 18.5. The fourth-order valence-electron chi connectivity index (χ4n) is 2.29. The first kappa shape index (κ1) is 13.9. The van der Waals surface area contributed by atoms with Gasteiger partial charge in [-0.3, -0.25) is 4.79 Å². The molecule has 1 fully saturated rings. The molecule has 0 saturated heterocycles. The van der Waals surface area contributed by atoms with Gasteiger partial charge in [-0.1, -0.05) is 24.8 Å². The molecular formula is C14H22O3. The number of esters is 1. The average molecular weight is 238 g/mol. The number of ether oxygens (including phenoxy) is 1. The predicted octanol–water partition coefficient (Wildman–Crippen LogP) is 3.04. The number of methoxy groups -OCH3 is 1. The zero-order valence-corrected chi connectivity index (χ0v) is 11.0. The van der Waals surface area contributed by atoms with Gasteiger partial charge in [-0.2, -0.15) is 0 Å². The Bertz CT molecular complexity index is 322. The van der Waals surface area contributed by atoms with Crippen LogP contribution in [0.4, 0.5) is 0 Å². The maximum atomic E-state index is 12.0. The van der Waals surface area contributed by atoms with Gasteiger partial charge in [-0.15, -0.1) is 0 Å². The molecular weight excluding hydrogens is 216 g/mol. The van der Waals surface area contributed by atoms with E-state index in [1.807, 2.05) is 6.92 Å². The first-order valence-electron chi connectivity index (χ1n) is 6.33. The van der Waals surface area contributed by atoms with Gasteiger partial charge >= 0.3 is 5.97 Å². The van der Waals surface area contributed by atoms with Gasteiger partial charge in [0, 0.05) is 17.9 Å². The van der Waals surface area contributed by atoms with Gasteiger partial charge in [-0.05, 0) is 26.7 Å². The molecule has 0 aromatic carbocycles. The van der Waals surface area contributed by atoms with Gasteiger partial charge in [0.05, 0.1) is 7.11 Å². The third-order valence-electron chi connectivity index (χ3n) is 3.63. The highest BCUT2D eigenvalue weighted by Gasteiger charge is 2.22. The van der Waals surface area contributed by atoms with Crippen molar-refractivity contribution in [3.63, 3.8) is 0 Å². The Labute approximate surface area is 103 Å². The summed E-state index contributed by atoms with van der Waals surface area (Å²) in [6.45, 7) is 3.56. The molecule has 0 bridgehead atoms. The fourth-order valence-corrected chi connectivity index (χ4v) is 2.29. The molecule has 0 radical (unpaired) electrons. The van der Waals surface area contributed by atoms with Crippen LogP contribution < -0.4 is 0 Å². The Morgan fingerprint density at radius 1 is 1.12 bits per heavy atom. The number of rotatable bonds is 4. The van der Waals surface area contributed by atoms with E-state index >= 15 is 0 Å². The maximum absolute atomic E-state index is 12.0. The van der Waals surface area contributed by atoms with E-state index in [0.717, 1.165) is 31.3 Å². The van der Waals surface area contributed by atoms with E-state index in [9.17, 15) is 9.59 Å². The molecule has 17 heavy (non-hydrogen) atoms. The van der Waals surface area contributed by atoms with E-state index in [4.69, 9.17) is 0 Å². The molecule has 0 spiro atoms. The van der Waals surface area contributed by atoms with E-state index < -0.39 is 0 Å². The molecule has 0 aromatic rings. The average Bonchev–Trinajstić information content (AvgIpc) is 2.37. The first-order chi connectivity index (χ1) is 8.06. The SMILES string of the molecule is COC(=O)/C(C)=C(\C)CC(=O)C1CCCCC1. The molecule has 0 N–H and O–H groups in total. The van der Waals surface area contributed by atoms with Crippen LogP contribution in [0.15, 0.2) is 11.1 Å². The number of hydrogen-bond donors (Lipinski definition) is 0. The van der Waals surface area contributed by atoms with E-state index in [-0.39, 0.29) is 17.7 Å². The Hall–Kier alpha value is -1.12. The van der Waals surface area contributed by atoms with Crippen molar-refractivity contribution in [2.75, 3.05) is 7.11 Å². The molecule has 0 aromatic heterocycles. The molecule has 96 valence electrons. The highest BCUT2D eigenvalue weighted by Crippen LogP contribution is 2.26. The minimum absolute atomic E-state index is 0.212. The van der Waals surface area contributed by atoms with Crippen LogP contribution >= 0.6 is 0 Å². The summed E-state index contributed by atoms with van der Waals surface area (Å²) < 4.78 is 4.65. The molecule has 3 nitrogen and oxygen atoms in total. The molecule has 3 heteroatoms. The van der Waals surface area contributed by atoms with Crippen LogP contribution in [-0.4, -0.2) is 18.9 Å². The van der Waals surface area contributed by atoms with Crippen LogP contribution in [0.2, 0.25) is 0 Å². The molecule has 0 amide bonds. The second-order valence-electron chi connectivity index (χ2n) is 4.87. The van der Waals surface area contributed by atoms with E-state index in [1.54, 1.807) is 6.92 Å². The zero-order valence-electron chi connectivity index (χ0n) is 11.0. The summed E-state index contributed by atoms with van der Waals surface area (Å²) in [4.78, 5) is 23.4. The van der Waals surface area contributed by atoms with Crippen LogP contribution in [0.25, 0.3) is 0 Å². The van der Waals surface area contributed by atoms with E-state index in [1.165, 1.54) is 13.5 Å². The van der Waals surface area contributed by atoms with Crippen molar-refractivity contribution < 1.29 is 14.3 Å². The van der Waals surface area contributed by atoms with Gasteiger partial charge in [0.15, 0.2) is 0 Å². The molecule has 1 aliphatic carbocycles.